The number of fused-ring (bicyclic) bond motifs is 1. The SMILES string of the molecule is NN/C(C(=O)O)=C(\N)COc1ccc2cc(Cl)ccc2c1. The van der Waals surface area contributed by atoms with Crippen molar-refractivity contribution in [2.45, 2.75) is 0 Å². The van der Waals surface area contributed by atoms with Crippen molar-refractivity contribution in [3.63, 3.8) is 0 Å². The zero-order valence-electron chi connectivity index (χ0n) is 11.0. The molecule has 6 N–H and O–H groups in total. The molecule has 0 aromatic heterocycles. The van der Waals surface area contributed by atoms with E-state index >= 15 is 0 Å². The summed E-state index contributed by atoms with van der Waals surface area (Å²) in [4.78, 5) is 10.8. The van der Waals surface area contributed by atoms with Crippen LogP contribution in [0, 0.1) is 0 Å². The number of rotatable bonds is 5. The van der Waals surface area contributed by atoms with E-state index in [1.54, 1.807) is 12.1 Å². The Bertz CT molecular complexity index is 716. The summed E-state index contributed by atoms with van der Waals surface area (Å²) in [7, 11) is 0. The van der Waals surface area contributed by atoms with E-state index in [0.29, 0.717) is 10.8 Å². The summed E-state index contributed by atoms with van der Waals surface area (Å²) < 4.78 is 5.46. The Hall–Kier alpha value is -2.44. The maximum Gasteiger partial charge on any atom is 0.355 e. The summed E-state index contributed by atoms with van der Waals surface area (Å²) in [5.74, 6) is 4.42. The van der Waals surface area contributed by atoms with E-state index in [0.717, 1.165) is 10.8 Å². The Kier molecular flexibility index (Phi) is 4.52. The van der Waals surface area contributed by atoms with Crippen LogP contribution in [0.5, 0.6) is 5.75 Å². The molecule has 0 saturated carbocycles. The summed E-state index contributed by atoms with van der Waals surface area (Å²) in [5, 5.41) is 11.4. The zero-order valence-corrected chi connectivity index (χ0v) is 11.7. The van der Waals surface area contributed by atoms with Crippen LogP contribution in [0.25, 0.3) is 10.8 Å². The average Bonchev–Trinajstić information content (AvgIpc) is 2.45. The first kappa shape index (κ1) is 15.0. The molecule has 0 heterocycles. The zero-order chi connectivity index (χ0) is 15.4. The van der Waals surface area contributed by atoms with Gasteiger partial charge in [-0.2, -0.15) is 0 Å². The molecule has 0 radical (unpaired) electrons. The fourth-order valence-electron chi connectivity index (χ4n) is 1.81. The van der Waals surface area contributed by atoms with Crippen LogP contribution in [-0.2, 0) is 4.79 Å². The molecule has 0 aliphatic carbocycles. The molecule has 0 atom stereocenters. The lowest BCUT2D eigenvalue weighted by Crippen LogP contribution is -2.31. The van der Waals surface area contributed by atoms with E-state index in [-0.39, 0.29) is 18.0 Å². The molecule has 0 aliphatic rings. The van der Waals surface area contributed by atoms with Crippen molar-refractivity contribution < 1.29 is 14.6 Å². The van der Waals surface area contributed by atoms with Crippen molar-refractivity contribution in [1.82, 2.24) is 5.43 Å². The van der Waals surface area contributed by atoms with Crippen molar-refractivity contribution in [3.05, 3.63) is 52.8 Å². The number of nitrogens with one attached hydrogen (secondary N) is 1. The predicted octanol–water partition coefficient (Wildman–Crippen LogP) is 1.59. The first-order valence-electron chi connectivity index (χ1n) is 6.02. The van der Waals surface area contributed by atoms with Gasteiger partial charge in [-0.1, -0.05) is 23.7 Å². The third kappa shape index (κ3) is 3.56. The van der Waals surface area contributed by atoms with Crippen LogP contribution in [-0.4, -0.2) is 17.7 Å². The van der Waals surface area contributed by atoms with Gasteiger partial charge < -0.3 is 21.0 Å². The Balaban J connectivity index is 2.17. The van der Waals surface area contributed by atoms with Crippen molar-refractivity contribution in [1.29, 1.82) is 0 Å². The van der Waals surface area contributed by atoms with Gasteiger partial charge in [-0.15, -0.1) is 0 Å². The highest BCUT2D eigenvalue weighted by Gasteiger charge is 2.11. The fourth-order valence-corrected chi connectivity index (χ4v) is 1.99. The van der Waals surface area contributed by atoms with Gasteiger partial charge in [0.1, 0.15) is 12.4 Å². The minimum Gasteiger partial charge on any atom is -0.487 e. The highest BCUT2D eigenvalue weighted by Crippen LogP contribution is 2.24. The number of carboxylic acid groups (broad SMARTS) is 1. The number of hydrogen-bond donors (Lipinski definition) is 4. The van der Waals surface area contributed by atoms with E-state index in [2.05, 4.69) is 0 Å². The first-order valence-corrected chi connectivity index (χ1v) is 6.39. The van der Waals surface area contributed by atoms with Gasteiger partial charge in [-0.05, 0) is 35.0 Å². The number of hydrazine groups is 1. The van der Waals surface area contributed by atoms with Crippen LogP contribution in [0.2, 0.25) is 5.02 Å². The molecular weight excluding hydrogens is 294 g/mol. The molecule has 0 aliphatic heterocycles. The van der Waals surface area contributed by atoms with Gasteiger partial charge in [-0.3, -0.25) is 5.84 Å². The molecule has 0 bridgehead atoms. The molecule has 0 saturated heterocycles. The Morgan fingerprint density at radius 2 is 1.90 bits per heavy atom. The topological polar surface area (TPSA) is 111 Å². The predicted molar refractivity (Wildman–Crippen MR) is 80.6 cm³/mol. The molecular formula is C14H14ClN3O3. The molecule has 6 nitrogen and oxygen atoms in total. The largest absolute Gasteiger partial charge is 0.487 e. The number of nitrogens with two attached hydrogens (primary N) is 2. The molecule has 21 heavy (non-hydrogen) atoms. The van der Waals surface area contributed by atoms with Gasteiger partial charge in [0, 0.05) is 5.02 Å². The maximum absolute atomic E-state index is 10.8. The van der Waals surface area contributed by atoms with Crippen LogP contribution >= 0.6 is 11.6 Å². The minimum atomic E-state index is -1.24. The van der Waals surface area contributed by atoms with Crippen molar-refractivity contribution in [3.8, 4) is 5.75 Å². The lowest BCUT2D eigenvalue weighted by molar-refractivity contribution is -0.133. The Morgan fingerprint density at radius 3 is 2.57 bits per heavy atom. The summed E-state index contributed by atoms with van der Waals surface area (Å²) in [5.41, 5.74) is 7.37. The molecule has 7 heteroatoms. The summed E-state index contributed by atoms with van der Waals surface area (Å²) in [6, 6.07) is 10.9. The van der Waals surface area contributed by atoms with Gasteiger partial charge in [-0.25, -0.2) is 4.79 Å². The molecule has 110 valence electrons. The lowest BCUT2D eigenvalue weighted by atomic mass is 10.1. The fraction of sp³-hybridized carbons (Fsp3) is 0.0714. The highest BCUT2D eigenvalue weighted by atomic mass is 35.5. The van der Waals surface area contributed by atoms with E-state index in [1.807, 2.05) is 29.7 Å². The second kappa shape index (κ2) is 6.34. The van der Waals surface area contributed by atoms with Crippen molar-refractivity contribution in [2.24, 2.45) is 11.6 Å². The molecule has 0 spiro atoms. The quantitative estimate of drug-likeness (QED) is 0.379. The summed E-state index contributed by atoms with van der Waals surface area (Å²) in [6.45, 7) is -0.0923. The summed E-state index contributed by atoms with van der Waals surface area (Å²) >= 11 is 5.91. The van der Waals surface area contributed by atoms with Crippen LogP contribution in [0.3, 0.4) is 0 Å². The summed E-state index contributed by atoms with van der Waals surface area (Å²) in [6.07, 6.45) is 0. The molecule has 0 fully saturated rings. The molecule has 2 aromatic rings. The van der Waals surface area contributed by atoms with Gasteiger partial charge in [0.25, 0.3) is 0 Å². The third-order valence-electron chi connectivity index (χ3n) is 2.85. The lowest BCUT2D eigenvalue weighted by Gasteiger charge is -2.10. The molecule has 2 rings (SSSR count). The number of ether oxygens (including phenoxy) is 1. The third-order valence-corrected chi connectivity index (χ3v) is 3.08. The number of hydrogen-bond acceptors (Lipinski definition) is 5. The minimum absolute atomic E-state index is 0.00111. The molecule has 2 aromatic carbocycles. The number of halogens is 1. The molecule has 0 amide bonds. The van der Waals surface area contributed by atoms with Gasteiger partial charge >= 0.3 is 5.97 Å². The second-order valence-electron chi connectivity index (χ2n) is 4.29. The van der Waals surface area contributed by atoms with E-state index in [1.165, 1.54) is 0 Å². The Labute approximate surface area is 125 Å². The number of carboxylic acids is 1. The van der Waals surface area contributed by atoms with E-state index in [4.69, 9.17) is 33.0 Å². The smallest absolute Gasteiger partial charge is 0.355 e. The van der Waals surface area contributed by atoms with Crippen LogP contribution in [0.15, 0.2) is 47.8 Å². The average molecular weight is 308 g/mol. The second-order valence-corrected chi connectivity index (χ2v) is 4.73. The molecule has 0 unspecified atom stereocenters. The number of benzene rings is 2. The first-order chi connectivity index (χ1) is 10.0. The standard InChI is InChI=1S/C14H14ClN3O3/c15-10-3-1-9-6-11(4-2-8(9)5-10)21-7-12(16)13(18-17)14(19)20/h1-6,18H,7,16-17H2,(H,19,20)/b13-12-. The van der Waals surface area contributed by atoms with E-state index < -0.39 is 5.97 Å². The van der Waals surface area contributed by atoms with Crippen molar-refractivity contribution in [2.75, 3.05) is 6.61 Å². The van der Waals surface area contributed by atoms with Gasteiger partial charge in [0.2, 0.25) is 0 Å². The number of aliphatic carboxylic acids is 1. The normalized spacial score (nSPS) is 11.9. The van der Waals surface area contributed by atoms with Crippen molar-refractivity contribution >= 4 is 28.3 Å². The van der Waals surface area contributed by atoms with Gasteiger partial charge in [0.05, 0.1) is 5.70 Å². The maximum atomic E-state index is 10.8. The number of carbonyl (C=O) groups is 1. The van der Waals surface area contributed by atoms with Crippen LogP contribution < -0.4 is 21.7 Å². The Morgan fingerprint density at radius 1 is 1.24 bits per heavy atom. The van der Waals surface area contributed by atoms with Crippen LogP contribution in [0.1, 0.15) is 0 Å². The van der Waals surface area contributed by atoms with Gasteiger partial charge in [0.15, 0.2) is 5.70 Å². The van der Waals surface area contributed by atoms with E-state index in [9.17, 15) is 4.79 Å². The highest BCUT2D eigenvalue weighted by molar-refractivity contribution is 6.31. The monoisotopic (exact) mass is 307 g/mol. The van der Waals surface area contributed by atoms with Crippen LogP contribution in [0.4, 0.5) is 0 Å².